The third kappa shape index (κ3) is 3.25. The summed E-state index contributed by atoms with van der Waals surface area (Å²) >= 11 is 0. The van der Waals surface area contributed by atoms with Crippen LogP contribution in [0.1, 0.15) is 26.2 Å². The molecule has 0 amide bonds. The Hall–Kier alpha value is -0.120. The average molecular weight is 186 g/mol. The van der Waals surface area contributed by atoms with Crippen LogP contribution in [0.15, 0.2) is 0 Å². The zero-order valence-electron chi connectivity index (χ0n) is 8.83. The molecule has 3 nitrogen and oxygen atoms in total. The summed E-state index contributed by atoms with van der Waals surface area (Å²) in [6.07, 6.45) is 4.03. The number of ether oxygens (including phenoxy) is 1. The van der Waals surface area contributed by atoms with Crippen molar-refractivity contribution >= 4 is 0 Å². The molecule has 0 aliphatic heterocycles. The van der Waals surface area contributed by atoms with E-state index >= 15 is 0 Å². The molecule has 0 atom stereocenters. The summed E-state index contributed by atoms with van der Waals surface area (Å²) in [7, 11) is 2.18. The summed E-state index contributed by atoms with van der Waals surface area (Å²) in [5, 5.41) is 0. The normalized spacial score (nSPS) is 27.7. The van der Waals surface area contributed by atoms with Crippen molar-refractivity contribution in [3.05, 3.63) is 0 Å². The molecule has 1 aliphatic rings. The van der Waals surface area contributed by atoms with Crippen LogP contribution in [0.2, 0.25) is 0 Å². The van der Waals surface area contributed by atoms with Crippen molar-refractivity contribution in [1.82, 2.24) is 4.90 Å². The first-order chi connectivity index (χ1) is 6.27. The Morgan fingerprint density at radius 2 is 2.15 bits per heavy atom. The Morgan fingerprint density at radius 3 is 2.69 bits per heavy atom. The molecule has 1 saturated carbocycles. The molecule has 3 heteroatoms. The first kappa shape index (κ1) is 11.0. The lowest BCUT2D eigenvalue weighted by Gasteiger charge is -2.40. The summed E-state index contributed by atoms with van der Waals surface area (Å²) in [4.78, 5) is 2.41. The van der Waals surface area contributed by atoms with E-state index in [1.54, 1.807) is 0 Å². The standard InChI is InChI=1S/C10H22N2O/c1-3-13-10-7-9(8-10)12(2)6-4-5-11/h9-10H,3-8,11H2,1-2H3. The smallest absolute Gasteiger partial charge is 0.0604 e. The van der Waals surface area contributed by atoms with Crippen molar-refractivity contribution in [2.45, 2.75) is 38.3 Å². The van der Waals surface area contributed by atoms with Gasteiger partial charge in [-0.1, -0.05) is 0 Å². The Kier molecular flexibility index (Phi) is 4.70. The minimum atomic E-state index is 0.523. The topological polar surface area (TPSA) is 38.5 Å². The number of nitrogens with two attached hydrogens (primary N) is 1. The third-order valence-electron chi connectivity index (χ3n) is 2.81. The Balaban J connectivity index is 2.04. The van der Waals surface area contributed by atoms with Gasteiger partial charge in [0.25, 0.3) is 0 Å². The van der Waals surface area contributed by atoms with Crippen LogP contribution in [0.3, 0.4) is 0 Å². The lowest BCUT2D eigenvalue weighted by atomic mass is 9.88. The van der Waals surface area contributed by atoms with E-state index in [0.717, 1.165) is 32.2 Å². The van der Waals surface area contributed by atoms with Crippen molar-refractivity contribution < 1.29 is 4.74 Å². The fourth-order valence-electron chi connectivity index (χ4n) is 1.79. The van der Waals surface area contributed by atoms with Crippen LogP contribution in [0.4, 0.5) is 0 Å². The Morgan fingerprint density at radius 1 is 1.46 bits per heavy atom. The zero-order valence-corrected chi connectivity index (χ0v) is 8.83. The van der Waals surface area contributed by atoms with Gasteiger partial charge < -0.3 is 15.4 Å². The molecule has 0 radical (unpaired) electrons. The van der Waals surface area contributed by atoms with Crippen molar-refractivity contribution in [3.8, 4) is 0 Å². The molecule has 1 fully saturated rings. The van der Waals surface area contributed by atoms with Crippen molar-refractivity contribution in [2.24, 2.45) is 5.73 Å². The second-order valence-electron chi connectivity index (χ2n) is 3.83. The quantitative estimate of drug-likeness (QED) is 0.668. The molecule has 2 N–H and O–H groups in total. The number of hydrogen-bond donors (Lipinski definition) is 1. The maximum Gasteiger partial charge on any atom is 0.0604 e. The second-order valence-corrected chi connectivity index (χ2v) is 3.83. The monoisotopic (exact) mass is 186 g/mol. The molecular formula is C10H22N2O. The zero-order chi connectivity index (χ0) is 9.68. The van der Waals surface area contributed by atoms with Crippen LogP contribution in [-0.4, -0.2) is 43.8 Å². The Bertz CT molecular complexity index is 135. The summed E-state index contributed by atoms with van der Waals surface area (Å²) < 4.78 is 5.51. The van der Waals surface area contributed by atoms with Gasteiger partial charge in [0.2, 0.25) is 0 Å². The van der Waals surface area contributed by atoms with Crippen molar-refractivity contribution in [1.29, 1.82) is 0 Å². The van der Waals surface area contributed by atoms with Gasteiger partial charge in [-0.05, 0) is 46.3 Å². The molecule has 0 bridgehead atoms. The van der Waals surface area contributed by atoms with Gasteiger partial charge in [0.1, 0.15) is 0 Å². The minimum absolute atomic E-state index is 0.523. The van der Waals surface area contributed by atoms with Gasteiger partial charge in [0, 0.05) is 12.6 Å². The number of nitrogens with zero attached hydrogens (tertiary/aromatic N) is 1. The molecule has 0 spiro atoms. The van der Waals surface area contributed by atoms with Crippen LogP contribution in [-0.2, 0) is 4.74 Å². The first-order valence-electron chi connectivity index (χ1n) is 5.29. The highest BCUT2D eigenvalue weighted by molar-refractivity contribution is 4.86. The lowest BCUT2D eigenvalue weighted by Crippen LogP contribution is -2.46. The van der Waals surface area contributed by atoms with Crippen LogP contribution in [0, 0.1) is 0 Å². The SMILES string of the molecule is CCOC1CC(N(C)CCCN)C1. The molecule has 13 heavy (non-hydrogen) atoms. The maximum atomic E-state index is 5.51. The van der Waals surface area contributed by atoms with Crippen LogP contribution in [0.25, 0.3) is 0 Å². The molecule has 0 unspecified atom stereocenters. The van der Waals surface area contributed by atoms with E-state index < -0.39 is 0 Å². The van der Waals surface area contributed by atoms with E-state index in [4.69, 9.17) is 10.5 Å². The molecule has 0 heterocycles. The van der Waals surface area contributed by atoms with E-state index in [2.05, 4.69) is 18.9 Å². The summed E-state index contributed by atoms with van der Waals surface area (Å²) in [6, 6.07) is 0.739. The molecular weight excluding hydrogens is 164 g/mol. The first-order valence-corrected chi connectivity index (χ1v) is 5.29. The van der Waals surface area contributed by atoms with Crippen LogP contribution >= 0.6 is 0 Å². The molecule has 0 aromatic rings. The number of rotatable bonds is 6. The second kappa shape index (κ2) is 5.58. The third-order valence-corrected chi connectivity index (χ3v) is 2.81. The molecule has 1 rings (SSSR count). The predicted octanol–water partition coefficient (Wildman–Crippen LogP) is 0.835. The lowest BCUT2D eigenvalue weighted by molar-refractivity contribution is -0.0400. The fourth-order valence-corrected chi connectivity index (χ4v) is 1.79. The van der Waals surface area contributed by atoms with Gasteiger partial charge in [-0.25, -0.2) is 0 Å². The summed E-state index contributed by atoms with van der Waals surface area (Å²) in [5.74, 6) is 0. The van der Waals surface area contributed by atoms with Gasteiger partial charge in [0.15, 0.2) is 0 Å². The summed E-state index contributed by atoms with van der Waals surface area (Å²) in [6.45, 7) is 4.83. The summed E-state index contributed by atoms with van der Waals surface area (Å²) in [5.41, 5.74) is 5.46. The maximum absolute atomic E-state index is 5.51. The van der Waals surface area contributed by atoms with Gasteiger partial charge in [-0.3, -0.25) is 0 Å². The number of hydrogen-bond acceptors (Lipinski definition) is 3. The van der Waals surface area contributed by atoms with Crippen molar-refractivity contribution in [3.63, 3.8) is 0 Å². The van der Waals surface area contributed by atoms with Crippen LogP contribution < -0.4 is 5.73 Å². The highest BCUT2D eigenvalue weighted by Gasteiger charge is 2.31. The van der Waals surface area contributed by atoms with E-state index in [0.29, 0.717) is 6.10 Å². The van der Waals surface area contributed by atoms with Gasteiger partial charge >= 0.3 is 0 Å². The van der Waals surface area contributed by atoms with E-state index in [-0.39, 0.29) is 0 Å². The van der Waals surface area contributed by atoms with Crippen LogP contribution in [0.5, 0.6) is 0 Å². The molecule has 1 aliphatic carbocycles. The fraction of sp³-hybridized carbons (Fsp3) is 1.00. The molecule has 78 valence electrons. The molecule has 0 aromatic carbocycles. The highest BCUT2D eigenvalue weighted by Crippen LogP contribution is 2.27. The largest absolute Gasteiger partial charge is 0.378 e. The van der Waals surface area contributed by atoms with E-state index in [1.165, 1.54) is 12.8 Å². The van der Waals surface area contributed by atoms with Crippen molar-refractivity contribution in [2.75, 3.05) is 26.7 Å². The van der Waals surface area contributed by atoms with E-state index in [9.17, 15) is 0 Å². The average Bonchev–Trinajstić information content (AvgIpc) is 2.06. The minimum Gasteiger partial charge on any atom is -0.378 e. The van der Waals surface area contributed by atoms with Gasteiger partial charge in [0.05, 0.1) is 6.10 Å². The molecule has 0 aromatic heterocycles. The highest BCUT2D eigenvalue weighted by atomic mass is 16.5. The van der Waals surface area contributed by atoms with Gasteiger partial charge in [-0.15, -0.1) is 0 Å². The molecule has 0 saturated heterocycles. The Labute approximate surface area is 81.2 Å². The van der Waals surface area contributed by atoms with Gasteiger partial charge in [-0.2, -0.15) is 0 Å². The van der Waals surface area contributed by atoms with E-state index in [1.807, 2.05) is 0 Å². The predicted molar refractivity (Wildman–Crippen MR) is 54.7 cm³/mol.